The van der Waals surface area contributed by atoms with Gasteiger partial charge in [-0.15, -0.1) is 0 Å². The molecular formula is C14H20ClNO. The number of nitrogens with one attached hydrogen (secondary N) is 1. The highest BCUT2D eigenvalue weighted by Gasteiger charge is 2.21. The number of hydrogen-bond donors (Lipinski definition) is 2. The number of aromatic hydroxyl groups is 1. The second-order valence-corrected chi connectivity index (χ2v) is 5.36. The highest BCUT2D eigenvalue weighted by Crippen LogP contribution is 2.29. The molecule has 0 aliphatic heterocycles. The monoisotopic (exact) mass is 253 g/mol. The lowest BCUT2D eigenvalue weighted by Crippen LogP contribution is -2.31. The minimum Gasteiger partial charge on any atom is -0.508 e. The fourth-order valence-corrected chi connectivity index (χ4v) is 2.85. The number of halogens is 1. The first-order valence-electron chi connectivity index (χ1n) is 6.38. The summed E-state index contributed by atoms with van der Waals surface area (Å²) in [5.74, 6) is 1.06. The number of rotatable bonds is 4. The van der Waals surface area contributed by atoms with Gasteiger partial charge in [-0.3, -0.25) is 0 Å². The fraction of sp³-hybridized carbons (Fsp3) is 0.571. The van der Waals surface area contributed by atoms with Crippen LogP contribution in [-0.2, 0) is 6.54 Å². The first-order chi connectivity index (χ1) is 8.18. The normalized spacial score (nSPS) is 18.5. The molecule has 94 valence electrons. The van der Waals surface area contributed by atoms with Gasteiger partial charge in [-0.2, -0.15) is 0 Å². The molecule has 0 radical (unpaired) electrons. The molecule has 2 rings (SSSR count). The van der Waals surface area contributed by atoms with Crippen molar-refractivity contribution in [1.29, 1.82) is 0 Å². The van der Waals surface area contributed by atoms with Crippen molar-refractivity contribution in [3.8, 4) is 5.75 Å². The molecule has 1 aromatic rings. The Labute approximate surface area is 108 Å². The Hall–Kier alpha value is -0.730. The van der Waals surface area contributed by atoms with E-state index in [1.165, 1.54) is 25.7 Å². The van der Waals surface area contributed by atoms with Gasteiger partial charge in [-0.05, 0) is 37.8 Å². The molecule has 1 unspecified atom stereocenters. The second kappa shape index (κ2) is 5.74. The minimum atomic E-state index is 0.281. The van der Waals surface area contributed by atoms with Crippen LogP contribution in [0.25, 0.3) is 0 Å². The quantitative estimate of drug-likeness (QED) is 0.857. The van der Waals surface area contributed by atoms with Crippen molar-refractivity contribution in [3.05, 3.63) is 28.8 Å². The van der Waals surface area contributed by atoms with Crippen LogP contribution in [0.1, 0.15) is 38.2 Å². The predicted molar refractivity (Wildman–Crippen MR) is 71.4 cm³/mol. The zero-order valence-corrected chi connectivity index (χ0v) is 11.0. The Bertz CT molecular complexity index is 354. The van der Waals surface area contributed by atoms with Crippen LogP contribution in [0.5, 0.6) is 5.75 Å². The van der Waals surface area contributed by atoms with Crippen molar-refractivity contribution in [2.24, 2.45) is 5.92 Å². The summed E-state index contributed by atoms with van der Waals surface area (Å²) in [7, 11) is 0. The van der Waals surface area contributed by atoms with Crippen LogP contribution < -0.4 is 5.32 Å². The zero-order valence-electron chi connectivity index (χ0n) is 10.2. The lowest BCUT2D eigenvalue weighted by molar-refractivity contribution is 0.376. The van der Waals surface area contributed by atoms with Crippen LogP contribution in [0.4, 0.5) is 0 Å². The van der Waals surface area contributed by atoms with Gasteiger partial charge in [-0.1, -0.05) is 30.5 Å². The van der Waals surface area contributed by atoms with E-state index in [0.29, 0.717) is 17.6 Å². The molecule has 1 atom stereocenters. The number of phenolic OH excluding ortho intramolecular Hbond substituents is 1. The van der Waals surface area contributed by atoms with E-state index in [4.69, 9.17) is 11.6 Å². The van der Waals surface area contributed by atoms with Gasteiger partial charge < -0.3 is 10.4 Å². The van der Waals surface area contributed by atoms with Gasteiger partial charge in [0.15, 0.2) is 0 Å². The van der Waals surface area contributed by atoms with Gasteiger partial charge in [0, 0.05) is 23.2 Å². The SMILES string of the molecule is CC(NCc1c(O)cccc1Cl)C1CCCC1. The summed E-state index contributed by atoms with van der Waals surface area (Å²) in [6, 6.07) is 5.76. The average molecular weight is 254 g/mol. The van der Waals surface area contributed by atoms with Crippen LogP contribution >= 0.6 is 11.6 Å². The topological polar surface area (TPSA) is 32.3 Å². The minimum absolute atomic E-state index is 0.281. The van der Waals surface area contributed by atoms with E-state index in [1.54, 1.807) is 12.1 Å². The summed E-state index contributed by atoms with van der Waals surface area (Å²) in [4.78, 5) is 0. The Morgan fingerprint density at radius 2 is 2.12 bits per heavy atom. The Morgan fingerprint density at radius 3 is 2.76 bits per heavy atom. The van der Waals surface area contributed by atoms with Gasteiger partial charge >= 0.3 is 0 Å². The van der Waals surface area contributed by atoms with Gasteiger partial charge in [0.1, 0.15) is 5.75 Å². The molecule has 0 bridgehead atoms. The fourth-order valence-electron chi connectivity index (χ4n) is 2.61. The summed E-state index contributed by atoms with van der Waals surface area (Å²) in [6.45, 7) is 2.87. The van der Waals surface area contributed by atoms with E-state index in [1.807, 2.05) is 6.07 Å². The van der Waals surface area contributed by atoms with Crippen molar-refractivity contribution in [3.63, 3.8) is 0 Å². The molecule has 0 aromatic heterocycles. The third-order valence-electron chi connectivity index (χ3n) is 3.80. The van der Waals surface area contributed by atoms with E-state index < -0.39 is 0 Å². The van der Waals surface area contributed by atoms with Crippen molar-refractivity contribution < 1.29 is 5.11 Å². The number of hydrogen-bond acceptors (Lipinski definition) is 2. The molecule has 0 amide bonds. The lowest BCUT2D eigenvalue weighted by Gasteiger charge is -2.21. The van der Waals surface area contributed by atoms with E-state index in [9.17, 15) is 5.11 Å². The molecule has 1 aromatic carbocycles. The first kappa shape index (κ1) is 12.7. The molecule has 1 fully saturated rings. The van der Waals surface area contributed by atoms with Crippen molar-refractivity contribution >= 4 is 11.6 Å². The molecule has 1 saturated carbocycles. The van der Waals surface area contributed by atoms with Gasteiger partial charge in [0.2, 0.25) is 0 Å². The van der Waals surface area contributed by atoms with E-state index in [-0.39, 0.29) is 5.75 Å². The summed E-state index contributed by atoms with van der Waals surface area (Å²) >= 11 is 6.07. The molecule has 0 heterocycles. The summed E-state index contributed by atoms with van der Waals surface area (Å²) in [6.07, 6.45) is 5.35. The van der Waals surface area contributed by atoms with E-state index in [0.717, 1.165) is 11.5 Å². The predicted octanol–water partition coefficient (Wildman–Crippen LogP) is 3.71. The average Bonchev–Trinajstić information content (AvgIpc) is 2.81. The van der Waals surface area contributed by atoms with Crippen LogP contribution in [0.3, 0.4) is 0 Å². The first-order valence-corrected chi connectivity index (χ1v) is 6.76. The zero-order chi connectivity index (χ0) is 12.3. The highest BCUT2D eigenvalue weighted by atomic mass is 35.5. The van der Waals surface area contributed by atoms with Gasteiger partial charge in [0.05, 0.1) is 0 Å². The second-order valence-electron chi connectivity index (χ2n) is 4.95. The molecule has 2 N–H and O–H groups in total. The molecule has 1 aliphatic rings. The van der Waals surface area contributed by atoms with Gasteiger partial charge in [0.25, 0.3) is 0 Å². The third-order valence-corrected chi connectivity index (χ3v) is 4.16. The maximum atomic E-state index is 9.75. The molecule has 2 nitrogen and oxygen atoms in total. The smallest absolute Gasteiger partial charge is 0.121 e. The molecule has 1 aliphatic carbocycles. The van der Waals surface area contributed by atoms with Crippen LogP contribution in [0.2, 0.25) is 5.02 Å². The van der Waals surface area contributed by atoms with E-state index in [2.05, 4.69) is 12.2 Å². The number of phenols is 1. The summed E-state index contributed by atoms with van der Waals surface area (Å²) in [5.41, 5.74) is 0.805. The maximum absolute atomic E-state index is 9.75. The molecule has 0 spiro atoms. The van der Waals surface area contributed by atoms with Crippen molar-refractivity contribution in [1.82, 2.24) is 5.32 Å². The van der Waals surface area contributed by atoms with Crippen molar-refractivity contribution in [2.75, 3.05) is 0 Å². The van der Waals surface area contributed by atoms with Crippen LogP contribution in [0, 0.1) is 5.92 Å². The third kappa shape index (κ3) is 3.14. The molecule has 17 heavy (non-hydrogen) atoms. The number of benzene rings is 1. The van der Waals surface area contributed by atoms with Crippen LogP contribution in [-0.4, -0.2) is 11.1 Å². The Kier molecular flexibility index (Phi) is 4.30. The highest BCUT2D eigenvalue weighted by molar-refractivity contribution is 6.31. The molecule has 0 saturated heterocycles. The largest absolute Gasteiger partial charge is 0.508 e. The summed E-state index contributed by atoms with van der Waals surface area (Å²) in [5, 5.41) is 13.9. The van der Waals surface area contributed by atoms with Crippen LogP contribution in [0.15, 0.2) is 18.2 Å². The lowest BCUT2D eigenvalue weighted by atomic mass is 9.99. The molecule has 3 heteroatoms. The van der Waals surface area contributed by atoms with Crippen molar-refractivity contribution in [2.45, 2.75) is 45.2 Å². The summed E-state index contributed by atoms with van der Waals surface area (Å²) < 4.78 is 0. The Morgan fingerprint density at radius 1 is 1.41 bits per heavy atom. The van der Waals surface area contributed by atoms with E-state index >= 15 is 0 Å². The van der Waals surface area contributed by atoms with Gasteiger partial charge in [-0.25, -0.2) is 0 Å². The maximum Gasteiger partial charge on any atom is 0.121 e. The standard InChI is InChI=1S/C14H20ClNO/c1-10(11-5-2-3-6-11)16-9-12-13(15)7-4-8-14(12)17/h4,7-8,10-11,16-17H,2-3,5-6,9H2,1H3. The molecular weight excluding hydrogens is 234 g/mol. The Balaban J connectivity index is 1.92.